The number of hydroxylamine groups is 2. The van der Waals surface area contributed by atoms with Crippen LogP contribution < -0.4 is 5.32 Å². The topological polar surface area (TPSA) is 67.9 Å². The highest BCUT2D eigenvalue weighted by molar-refractivity contribution is 5.93. The number of carbonyl (C=O) groups excluding carboxylic acids is 2. The van der Waals surface area contributed by atoms with E-state index in [1.807, 2.05) is 6.07 Å². The van der Waals surface area contributed by atoms with Gasteiger partial charge in [-0.3, -0.25) is 9.63 Å². The van der Waals surface area contributed by atoms with Gasteiger partial charge in [-0.25, -0.2) is 9.86 Å². The molecule has 0 fully saturated rings. The average Bonchev–Trinajstić information content (AvgIpc) is 2.42. The normalized spacial score (nSPS) is 10.9. The van der Waals surface area contributed by atoms with Gasteiger partial charge in [0, 0.05) is 19.2 Å². The van der Waals surface area contributed by atoms with Crippen LogP contribution in [0.3, 0.4) is 0 Å². The van der Waals surface area contributed by atoms with Crippen LogP contribution in [0.1, 0.15) is 36.7 Å². The van der Waals surface area contributed by atoms with Crippen molar-refractivity contribution in [1.82, 2.24) is 10.4 Å². The standard InChI is InChI=1S/C15H22N2O4/c1-15(2,3)21-14(19)16-10-11-7-6-8-12(9-11)13(18)17(4)20-5/h6-9H,10H2,1-5H3,(H,16,19). The molecular formula is C15H22N2O4. The molecule has 2 amide bonds. The van der Waals surface area contributed by atoms with Crippen LogP contribution in [0.5, 0.6) is 0 Å². The summed E-state index contributed by atoms with van der Waals surface area (Å²) in [6, 6.07) is 6.97. The number of rotatable bonds is 4. The number of ether oxygens (including phenoxy) is 1. The fourth-order valence-electron chi connectivity index (χ4n) is 1.57. The van der Waals surface area contributed by atoms with Gasteiger partial charge in [0.05, 0.1) is 7.11 Å². The van der Waals surface area contributed by atoms with E-state index in [2.05, 4.69) is 5.32 Å². The van der Waals surface area contributed by atoms with Gasteiger partial charge in [0.25, 0.3) is 5.91 Å². The van der Waals surface area contributed by atoms with Gasteiger partial charge in [-0.2, -0.15) is 0 Å². The van der Waals surface area contributed by atoms with Gasteiger partial charge < -0.3 is 10.1 Å². The molecule has 0 atom stereocenters. The van der Waals surface area contributed by atoms with Crippen LogP contribution in [-0.4, -0.2) is 36.8 Å². The molecule has 6 nitrogen and oxygen atoms in total. The molecule has 1 aromatic carbocycles. The van der Waals surface area contributed by atoms with Gasteiger partial charge in [-0.15, -0.1) is 0 Å². The Kier molecular flexibility index (Phi) is 5.72. The molecule has 0 aliphatic heterocycles. The number of nitrogens with zero attached hydrogens (tertiary/aromatic N) is 1. The van der Waals surface area contributed by atoms with E-state index in [9.17, 15) is 9.59 Å². The van der Waals surface area contributed by atoms with E-state index in [1.54, 1.807) is 39.0 Å². The van der Waals surface area contributed by atoms with Gasteiger partial charge >= 0.3 is 6.09 Å². The summed E-state index contributed by atoms with van der Waals surface area (Å²) in [6.45, 7) is 5.68. The van der Waals surface area contributed by atoms with E-state index >= 15 is 0 Å². The lowest BCUT2D eigenvalue weighted by atomic mass is 10.1. The fraction of sp³-hybridized carbons (Fsp3) is 0.467. The molecule has 0 heterocycles. The van der Waals surface area contributed by atoms with E-state index in [-0.39, 0.29) is 12.5 Å². The van der Waals surface area contributed by atoms with E-state index in [4.69, 9.17) is 9.57 Å². The number of hydrogen-bond donors (Lipinski definition) is 1. The quantitative estimate of drug-likeness (QED) is 0.866. The summed E-state index contributed by atoms with van der Waals surface area (Å²) < 4.78 is 5.15. The molecule has 1 N–H and O–H groups in total. The summed E-state index contributed by atoms with van der Waals surface area (Å²) in [5.74, 6) is -0.253. The monoisotopic (exact) mass is 294 g/mol. The van der Waals surface area contributed by atoms with Crippen LogP contribution in [-0.2, 0) is 16.1 Å². The zero-order valence-electron chi connectivity index (χ0n) is 13.1. The summed E-state index contributed by atoms with van der Waals surface area (Å²) in [7, 11) is 2.96. The van der Waals surface area contributed by atoms with Gasteiger partial charge in [0.1, 0.15) is 5.60 Å². The number of amides is 2. The number of alkyl carbamates (subject to hydrolysis) is 1. The minimum absolute atomic E-state index is 0.253. The van der Waals surface area contributed by atoms with Crippen molar-refractivity contribution in [3.8, 4) is 0 Å². The second kappa shape index (κ2) is 7.08. The van der Waals surface area contributed by atoms with Gasteiger partial charge in [0.2, 0.25) is 0 Å². The van der Waals surface area contributed by atoms with Crippen molar-refractivity contribution < 1.29 is 19.2 Å². The molecule has 6 heteroatoms. The molecule has 0 aliphatic rings. The highest BCUT2D eigenvalue weighted by atomic mass is 16.7. The molecule has 21 heavy (non-hydrogen) atoms. The molecule has 0 unspecified atom stereocenters. The Morgan fingerprint density at radius 2 is 1.95 bits per heavy atom. The van der Waals surface area contributed by atoms with Gasteiger partial charge in [-0.1, -0.05) is 12.1 Å². The molecule has 0 saturated carbocycles. The number of nitrogens with one attached hydrogen (secondary N) is 1. The highest BCUT2D eigenvalue weighted by Gasteiger charge is 2.16. The molecule has 0 radical (unpaired) electrons. The van der Waals surface area contributed by atoms with E-state index in [1.165, 1.54) is 14.2 Å². The first kappa shape index (κ1) is 17.0. The predicted octanol–water partition coefficient (Wildman–Crippen LogP) is 2.34. The smallest absolute Gasteiger partial charge is 0.407 e. The summed E-state index contributed by atoms with van der Waals surface area (Å²) in [4.78, 5) is 28.4. The molecule has 0 aliphatic carbocycles. The van der Waals surface area contributed by atoms with Crippen LogP contribution >= 0.6 is 0 Å². The van der Waals surface area contributed by atoms with Crippen molar-refractivity contribution in [1.29, 1.82) is 0 Å². The van der Waals surface area contributed by atoms with Crippen molar-refractivity contribution in [3.05, 3.63) is 35.4 Å². The molecule has 1 aromatic rings. The zero-order chi connectivity index (χ0) is 16.0. The predicted molar refractivity (Wildman–Crippen MR) is 78.6 cm³/mol. The first-order chi connectivity index (χ1) is 9.73. The van der Waals surface area contributed by atoms with Gasteiger partial charge in [-0.05, 0) is 38.5 Å². The zero-order valence-corrected chi connectivity index (χ0v) is 13.1. The van der Waals surface area contributed by atoms with Crippen LogP contribution in [0, 0.1) is 0 Å². The lowest BCUT2D eigenvalue weighted by Gasteiger charge is -2.19. The van der Waals surface area contributed by atoms with Crippen molar-refractivity contribution in [2.75, 3.05) is 14.2 Å². The van der Waals surface area contributed by atoms with Crippen molar-refractivity contribution in [2.24, 2.45) is 0 Å². The number of hydrogen-bond acceptors (Lipinski definition) is 4. The maximum absolute atomic E-state index is 11.9. The Hall–Kier alpha value is -2.08. The summed E-state index contributed by atoms with van der Waals surface area (Å²) in [6.07, 6.45) is -0.492. The number of benzene rings is 1. The van der Waals surface area contributed by atoms with Crippen LogP contribution in [0.2, 0.25) is 0 Å². The van der Waals surface area contributed by atoms with E-state index < -0.39 is 11.7 Å². The summed E-state index contributed by atoms with van der Waals surface area (Å²) in [5, 5.41) is 3.79. The number of carbonyl (C=O) groups is 2. The van der Waals surface area contributed by atoms with Crippen LogP contribution in [0.15, 0.2) is 24.3 Å². The average molecular weight is 294 g/mol. The second-order valence-corrected chi connectivity index (χ2v) is 5.54. The maximum Gasteiger partial charge on any atom is 0.407 e. The molecule has 0 spiro atoms. The Bertz CT molecular complexity index is 509. The fourth-order valence-corrected chi connectivity index (χ4v) is 1.57. The van der Waals surface area contributed by atoms with E-state index in [0.29, 0.717) is 5.56 Å². The minimum Gasteiger partial charge on any atom is -0.444 e. The third-order valence-electron chi connectivity index (χ3n) is 2.57. The largest absolute Gasteiger partial charge is 0.444 e. The second-order valence-electron chi connectivity index (χ2n) is 5.54. The first-order valence-corrected chi connectivity index (χ1v) is 6.61. The lowest BCUT2D eigenvalue weighted by Crippen LogP contribution is -2.32. The third kappa shape index (κ3) is 5.83. The lowest BCUT2D eigenvalue weighted by molar-refractivity contribution is -0.0757. The molecule has 0 aromatic heterocycles. The molecular weight excluding hydrogens is 272 g/mol. The Morgan fingerprint density at radius 3 is 2.52 bits per heavy atom. The molecule has 0 saturated heterocycles. The first-order valence-electron chi connectivity index (χ1n) is 6.61. The molecule has 1 rings (SSSR count). The Labute approximate surface area is 125 Å². The molecule has 0 bridgehead atoms. The van der Waals surface area contributed by atoms with Crippen LogP contribution in [0.25, 0.3) is 0 Å². The third-order valence-corrected chi connectivity index (χ3v) is 2.57. The summed E-state index contributed by atoms with van der Waals surface area (Å²) >= 11 is 0. The van der Waals surface area contributed by atoms with Gasteiger partial charge in [0.15, 0.2) is 0 Å². The van der Waals surface area contributed by atoms with Crippen molar-refractivity contribution in [3.63, 3.8) is 0 Å². The summed E-state index contributed by atoms with van der Waals surface area (Å²) in [5.41, 5.74) is 0.752. The van der Waals surface area contributed by atoms with Crippen molar-refractivity contribution in [2.45, 2.75) is 32.9 Å². The van der Waals surface area contributed by atoms with Crippen molar-refractivity contribution >= 4 is 12.0 Å². The Morgan fingerprint density at radius 1 is 1.29 bits per heavy atom. The van der Waals surface area contributed by atoms with E-state index in [0.717, 1.165) is 10.6 Å². The van der Waals surface area contributed by atoms with Crippen LogP contribution in [0.4, 0.5) is 4.79 Å². The maximum atomic E-state index is 11.9. The Balaban J connectivity index is 2.65. The highest BCUT2D eigenvalue weighted by Crippen LogP contribution is 2.09. The molecule has 116 valence electrons. The SMILES string of the molecule is CON(C)C(=O)c1cccc(CNC(=O)OC(C)(C)C)c1. The minimum atomic E-state index is -0.539.